The molecule has 0 radical (unpaired) electrons. The van der Waals surface area contributed by atoms with Crippen LogP contribution in [0.4, 0.5) is 23.0 Å². The minimum atomic E-state index is 0.538. The van der Waals surface area contributed by atoms with Gasteiger partial charge in [-0.2, -0.15) is 5.26 Å². The van der Waals surface area contributed by atoms with E-state index in [9.17, 15) is 5.26 Å². The lowest BCUT2D eigenvalue weighted by Gasteiger charge is -2.21. The van der Waals surface area contributed by atoms with Gasteiger partial charge in [-0.25, -0.2) is 9.97 Å². The highest BCUT2D eigenvalue weighted by Gasteiger charge is 2.20. The van der Waals surface area contributed by atoms with Crippen LogP contribution in [-0.2, 0) is 0 Å². The maximum absolute atomic E-state index is 9.72. The van der Waals surface area contributed by atoms with Crippen molar-refractivity contribution in [2.24, 2.45) is 0 Å². The molecule has 0 saturated heterocycles. The Morgan fingerprint density at radius 2 is 1.44 bits per heavy atom. The molecule has 7 aromatic rings. The molecule has 0 saturated carbocycles. The highest BCUT2D eigenvalue weighted by molar-refractivity contribution is 6.16. The Morgan fingerprint density at radius 1 is 0.756 bits per heavy atom. The minimum Gasteiger partial charge on any atom is -0.383 e. The van der Waals surface area contributed by atoms with Gasteiger partial charge in [0.1, 0.15) is 23.3 Å². The van der Waals surface area contributed by atoms with E-state index in [0.717, 1.165) is 55.5 Å². The molecule has 7 heteroatoms. The second-order valence-electron chi connectivity index (χ2n) is 10.9. The van der Waals surface area contributed by atoms with Crippen molar-refractivity contribution >= 4 is 61.8 Å². The molecule has 0 spiro atoms. The highest BCUT2D eigenvalue weighted by atomic mass is 15.0. The molecule has 7 nitrogen and oxygen atoms in total. The molecule has 3 aromatic heterocycles. The van der Waals surface area contributed by atoms with E-state index in [1.807, 2.05) is 116 Å². The van der Waals surface area contributed by atoms with E-state index in [-0.39, 0.29) is 0 Å². The second kappa shape index (κ2) is 11.8. The SMILES string of the molecule is CN(C)/C=C/c1c(C#N)c(Nc2ccccc2)nc2ccccc12.c1ccc2c(c1)Nc1nc3ccccc3c3nccc-2c13. The molecule has 0 bridgehead atoms. The van der Waals surface area contributed by atoms with E-state index < -0.39 is 0 Å². The molecule has 0 amide bonds. The molecule has 8 rings (SSSR count). The fourth-order valence-electron chi connectivity index (χ4n) is 5.62. The Labute approximate surface area is 261 Å². The van der Waals surface area contributed by atoms with Crippen LogP contribution in [0.15, 0.2) is 122 Å². The summed E-state index contributed by atoms with van der Waals surface area (Å²) in [5.41, 5.74) is 8.64. The largest absolute Gasteiger partial charge is 0.383 e. The maximum Gasteiger partial charge on any atom is 0.149 e. The fraction of sp³-hybridized carbons (Fsp3) is 0.0526. The fourth-order valence-corrected chi connectivity index (χ4v) is 5.62. The third kappa shape index (κ3) is 5.26. The number of anilines is 4. The topological polar surface area (TPSA) is 89.8 Å². The number of nitriles is 1. The number of rotatable bonds is 4. The van der Waals surface area contributed by atoms with Crippen LogP contribution in [0.2, 0.25) is 0 Å². The summed E-state index contributed by atoms with van der Waals surface area (Å²) < 4.78 is 0. The number of benzene rings is 4. The number of aromatic nitrogens is 3. The van der Waals surface area contributed by atoms with Crippen LogP contribution in [0, 0.1) is 11.3 Å². The van der Waals surface area contributed by atoms with Crippen molar-refractivity contribution in [3.63, 3.8) is 0 Å². The summed E-state index contributed by atoms with van der Waals surface area (Å²) in [6.07, 6.45) is 5.78. The normalized spacial score (nSPS) is 11.4. The Balaban J connectivity index is 0.000000145. The second-order valence-corrected chi connectivity index (χ2v) is 10.9. The number of hydrogen-bond acceptors (Lipinski definition) is 7. The summed E-state index contributed by atoms with van der Waals surface area (Å²) in [6.45, 7) is 0. The van der Waals surface area contributed by atoms with Crippen molar-refractivity contribution in [2.45, 2.75) is 0 Å². The van der Waals surface area contributed by atoms with E-state index in [4.69, 9.17) is 4.98 Å². The van der Waals surface area contributed by atoms with E-state index in [1.165, 1.54) is 11.1 Å². The van der Waals surface area contributed by atoms with Gasteiger partial charge in [-0.3, -0.25) is 4.98 Å². The number of nitrogens with zero attached hydrogens (tertiary/aromatic N) is 5. The third-order valence-electron chi connectivity index (χ3n) is 7.67. The van der Waals surface area contributed by atoms with E-state index in [1.54, 1.807) is 0 Å². The average molecular weight is 584 g/mol. The third-order valence-corrected chi connectivity index (χ3v) is 7.67. The van der Waals surface area contributed by atoms with Gasteiger partial charge in [-0.1, -0.05) is 72.8 Å². The lowest BCUT2D eigenvalue weighted by molar-refractivity contribution is 0.567. The smallest absolute Gasteiger partial charge is 0.149 e. The first kappa shape index (κ1) is 27.6. The van der Waals surface area contributed by atoms with Crippen molar-refractivity contribution in [1.29, 1.82) is 5.26 Å². The molecule has 1 aliphatic heterocycles. The zero-order chi connectivity index (χ0) is 30.8. The van der Waals surface area contributed by atoms with Crippen molar-refractivity contribution in [3.8, 4) is 17.2 Å². The maximum atomic E-state index is 9.72. The van der Waals surface area contributed by atoms with Crippen LogP contribution in [0.1, 0.15) is 11.1 Å². The zero-order valence-corrected chi connectivity index (χ0v) is 24.9. The number of pyridine rings is 3. The Kier molecular flexibility index (Phi) is 7.22. The van der Waals surface area contributed by atoms with Gasteiger partial charge in [0.25, 0.3) is 0 Å². The van der Waals surface area contributed by atoms with Gasteiger partial charge in [0.2, 0.25) is 0 Å². The van der Waals surface area contributed by atoms with Crippen LogP contribution < -0.4 is 10.6 Å². The van der Waals surface area contributed by atoms with Crippen molar-refractivity contribution in [2.75, 3.05) is 24.7 Å². The molecule has 0 fully saturated rings. The van der Waals surface area contributed by atoms with Crippen LogP contribution in [0.3, 0.4) is 0 Å². The van der Waals surface area contributed by atoms with Gasteiger partial charge in [0.05, 0.1) is 21.9 Å². The first-order chi connectivity index (χ1) is 22.1. The molecule has 0 aliphatic carbocycles. The lowest BCUT2D eigenvalue weighted by Crippen LogP contribution is -2.04. The first-order valence-corrected chi connectivity index (χ1v) is 14.6. The Morgan fingerprint density at radius 3 is 2.22 bits per heavy atom. The highest BCUT2D eigenvalue weighted by Crippen LogP contribution is 2.43. The first-order valence-electron chi connectivity index (χ1n) is 14.6. The van der Waals surface area contributed by atoms with Gasteiger partial charge in [0, 0.05) is 53.6 Å². The predicted molar refractivity (Wildman–Crippen MR) is 185 cm³/mol. The van der Waals surface area contributed by atoms with Gasteiger partial charge < -0.3 is 15.5 Å². The summed E-state index contributed by atoms with van der Waals surface area (Å²) >= 11 is 0. The molecule has 4 aromatic carbocycles. The summed E-state index contributed by atoms with van der Waals surface area (Å²) in [7, 11) is 3.91. The van der Waals surface area contributed by atoms with Crippen LogP contribution >= 0.6 is 0 Å². The van der Waals surface area contributed by atoms with E-state index in [0.29, 0.717) is 11.4 Å². The number of para-hydroxylation sites is 4. The van der Waals surface area contributed by atoms with E-state index in [2.05, 4.69) is 57.0 Å². The van der Waals surface area contributed by atoms with Gasteiger partial charge in [0.15, 0.2) is 0 Å². The summed E-state index contributed by atoms with van der Waals surface area (Å²) in [5.74, 6) is 1.46. The molecular formula is C38H29N7. The Hall–Kier alpha value is -6.26. The van der Waals surface area contributed by atoms with E-state index >= 15 is 0 Å². The predicted octanol–water partition coefficient (Wildman–Crippen LogP) is 8.89. The monoisotopic (exact) mass is 583 g/mol. The Bertz CT molecular complexity index is 2270. The lowest BCUT2D eigenvalue weighted by atomic mass is 9.96. The van der Waals surface area contributed by atoms with Crippen LogP contribution in [0.5, 0.6) is 0 Å². The standard InChI is InChI=1S/C20H18N4.C18H11N3/c1-24(2)13-12-16-17-10-6-7-11-19(17)23-20(18(16)14-21)22-15-8-4-3-5-9-15;1-3-7-14-11(5-1)12-9-10-19-17-13-6-2-4-8-15(13)21-18(20-14)16(12)17/h3-13H,1-2H3,(H,22,23);1-10H,(H,20,21)/b13-12+;. The van der Waals surface area contributed by atoms with Crippen LogP contribution in [-0.4, -0.2) is 33.9 Å². The number of hydrogen-bond donors (Lipinski definition) is 2. The molecule has 0 unspecified atom stereocenters. The average Bonchev–Trinajstić information content (AvgIpc) is 3.08. The molecule has 216 valence electrons. The zero-order valence-electron chi connectivity index (χ0n) is 24.9. The quantitative estimate of drug-likeness (QED) is 0.200. The number of fused-ring (bicyclic) bond motifs is 5. The molecule has 4 heterocycles. The summed E-state index contributed by atoms with van der Waals surface area (Å²) in [5, 5.41) is 19.6. The summed E-state index contributed by atoms with van der Waals surface area (Å²) in [6, 6.07) is 38.5. The van der Waals surface area contributed by atoms with Gasteiger partial charge in [-0.05, 0) is 54.2 Å². The molecule has 1 aliphatic rings. The summed E-state index contributed by atoms with van der Waals surface area (Å²) in [4.78, 5) is 16.0. The molecule has 0 atom stereocenters. The molecule has 45 heavy (non-hydrogen) atoms. The molecule has 2 N–H and O–H groups in total. The molecular weight excluding hydrogens is 554 g/mol. The van der Waals surface area contributed by atoms with Gasteiger partial charge >= 0.3 is 0 Å². The van der Waals surface area contributed by atoms with Crippen molar-refractivity contribution in [1.82, 2.24) is 19.9 Å². The minimum absolute atomic E-state index is 0.538. The van der Waals surface area contributed by atoms with Crippen molar-refractivity contribution < 1.29 is 0 Å². The van der Waals surface area contributed by atoms with Crippen LogP contribution in [0.25, 0.3) is 49.9 Å². The number of nitrogens with one attached hydrogen (secondary N) is 2. The van der Waals surface area contributed by atoms with Gasteiger partial charge in [-0.15, -0.1) is 0 Å². The van der Waals surface area contributed by atoms with Crippen molar-refractivity contribution in [3.05, 3.63) is 133 Å².